The molecule has 3 aromatic heterocycles. The highest BCUT2D eigenvalue weighted by atomic mass is 35.5. The van der Waals surface area contributed by atoms with Gasteiger partial charge in [-0.1, -0.05) is 58.5 Å². The van der Waals surface area contributed by atoms with Crippen molar-refractivity contribution in [3.8, 4) is 40.1 Å². The number of benzene rings is 4. The first kappa shape index (κ1) is 41.2. The van der Waals surface area contributed by atoms with E-state index in [1.807, 2.05) is 65.4 Å². The van der Waals surface area contributed by atoms with Crippen LogP contribution < -0.4 is 27.0 Å². The second-order valence-corrected chi connectivity index (χ2v) is 14.2. The van der Waals surface area contributed by atoms with Crippen molar-refractivity contribution in [3.63, 3.8) is 0 Å². The summed E-state index contributed by atoms with van der Waals surface area (Å²) in [5.74, 6) is 1.45. The number of nitriles is 2. The van der Waals surface area contributed by atoms with E-state index >= 15 is 0 Å². The summed E-state index contributed by atoms with van der Waals surface area (Å²) >= 11 is 24.9. The highest BCUT2D eigenvalue weighted by molar-refractivity contribution is 6.37. The van der Waals surface area contributed by atoms with Crippen LogP contribution in [-0.4, -0.2) is 45.7 Å². The Balaban J connectivity index is 0.000000198. The molecule has 3 heterocycles. The fourth-order valence-corrected chi connectivity index (χ4v) is 6.75. The number of aromatic nitrogens is 4. The molecule has 7 aromatic rings. The molecule has 0 spiro atoms. The molecule has 7 rings (SSSR count). The quantitative estimate of drug-likeness (QED) is 0.0557. The lowest BCUT2D eigenvalue weighted by Gasteiger charge is -2.15. The molecule has 58 heavy (non-hydrogen) atoms. The van der Waals surface area contributed by atoms with Crippen molar-refractivity contribution < 1.29 is 0 Å². The molecule has 0 aliphatic heterocycles. The molecule has 0 atom stereocenters. The summed E-state index contributed by atoms with van der Waals surface area (Å²) in [7, 11) is 0. The summed E-state index contributed by atoms with van der Waals surface area (Å²) in [6.45, 7) is 2.69. The first-order valence-corrected chi connectivity index (χ1v) is 19.3. The van der Waals surface area contributed by atoms with Crippen LogP contribution in [0, 0.1) is 22.7 Å². The van der Waals surface area contributed by atoms with Crippen molar-refractivity contribution >= 4 is 75.1 Å². The van der Waals surface area contributed by atoms with Gasteiger partial charge in [0.15, 0.2) is 0 Å². The molecule has 0 bridgehead atoms. The smallest absolute Gasteiger partial charge is 0.126 e. The average Bonchev–Trinajstić information content (AvgIpc) is 3.78. The van der Waals surface area contributed by atoms with Crippen LogP contribution in [0.1, 0.15) is 11.1 Å². The Hall–Kier alpha value is -6.47. The number of hydrogen-bond acceptors (Lipinski definition) is 10. The summed E-state index contributed by atoms with van der Waals surface area (Å²) in [6.07, 6.45) is 8.47. The predicted octanol–water partition coefficient (Wildman–Crippen LogP) is 10.7. The van der Waals surface area contributed by atoms with Crippen molar-refractivity contribution in [1.82, 2.24) is 19.5 Å². The summed E-state index contributed by atoms with van der Waals surface area (Å²) in [6, 6.07) is 33.8. The fraction of sp³-hybridized carbons (Fsp3) is 0.0930. The Morgan fingerprint density at radius 3 is 1.57 bits per heavy atom. The topological polar surface area (TPSA) is 165 Å². The molecule has 290 valence electrons. The number of halogens is 4. The Morgan fingerprint density at radius 1 is 0.569 bits per heavy atom. The number of hydrogen-bond donors (Lipinski definition) is 5. The molecule has 0 aliphatic rings. The molecule has 0 radical (unpaired) electrons. The van der Waals surface area contributed by atoms with Crippen molar-refractivity contribution in [3.05, 3.63) is 159 Å². The van der Waals surface area contributed by atoms with Gasteiger partial charge in [-0.2, -0.15) is 10.5 Å². The van der Waals surface area contributed by atoms with Gasteiger partial charge in [0.25, 0.3) is 0 Å². The molecule has 0 unspecified atom stereocenters. The third-order valence-electron chi connectivity index (χ3n) is 8.58. The molecule has 0 fully saturated rings. The van der Waals surface area contributed by atoms with Crippen LogP contribution in [0.3, 0.4) is 0 Å². The number of pyridine rings is 2. The lowest BCUT2D eigenvalue weighted by atomic mass is 10.0. The molecular formula is C43H35Cl4N11. The number of nitrogens with zero attached hydrogens (tertiary/aromatic N) is 6. The second kappa shape index (κ2) is 20.1. The minimum Gasteiger partial charge on any atom is -0.398 e. The van der Waals surface area contributed by atoms with Gasteiger partial charge < -0.3 is 31.6 Å². The standard InChI is InChI=1S/C23H18Cl2N6.C20H17Cl2N5/c24-17-2-4-19(21(25)11-17)20-12-18(3-5-22(20)31-10-9-27-15-31)28-7-8-29-23-6-1-16(13-26)14-30-23;21-14-2-4-16(18(22)9-14)17-10-15(3-5-19(17)24)25-7-8-26-20-6-1-13(11-23)12-27-20/h1-6,9-12,14-15,28H,7-8H2,(H,29,30);1-6,9-10,12,25H,7-8,24H2,(H,26,27). The van der Waals surface area contributed by atoms with Gasteiger partial charge in [0.05, 0.1) is 23.1 Å². The SMILES string of the molecule is N#Cc1ccc(NCCNc2ccc(-n3ccnc3)c(-c3ccc(Cl)cc3Cl)c2)nc1.N#Cc1ccc(NCCNc2ccc(N)c(-c3ccc(Cl)cc3Cl)c2)nc1. The minimum atomic E-state index is 0.536. The highest BCUT2D eigenvalue weighted by Gasteiger charge is 2.13. The largest absolute Gasteiger partial charge is 0.398 e. The summed E-state index contributed by atoms with van der Waals surface area (Å²) in [4.78, 5) is 12.5. The normalized spacial score (nSPS) is 10.4. The number of rotatable bonds is 13. The van der Waals surface area contributed by atoms with Crippen LogP contribution in [0.2, 0.25) is 20.1 Å². The van der Waals surface area contributed by atoms with Crippen LogP contribution in [-0.2, 0) is 0 Å². The third-order valence-corrected chi connectivity index (χ3v) is 9.68. The maximum Gasteiger partial charge on any atom is 0.126 e. The van der Waals surface area contributed by atoms with Gasteiger partial charge in [-0.15, -0.1) is 0 Å². The molecule has 6 N–H and O–H groups in total. The second-order valence-electron chi connectivity index (χ2n) is 12.5. The van der Waals surface area contributed by atoms with E-state index in [1.165, 1.54) is 6.20 Å². The Kier molecular flexibility index (Phi) is 14.3. The molecule has 0 saturated heterocycles. The Morgan fingerprint density at radius 2 is 1.09 bits per heavy atom. The summed E-state index contributed by atoms with van der Waals surface area (Å²) in [5, 5.41) is 33.1. The van der Waals surface area contributed by atoms with Crippen LogP contribution >= 0.6 is 46.4 Å². The number of anilines is 5. The minimum absolute atomic E-state index is 0.536. The molecule has 11 nitrogen and oxygen atoms in total. The van der Waals surface area contributed by atoms with Gasteiger partial charge >= 0.3 is 0 Å². The van der Waals surface area contributed by atoms with E-state index in [0.29, 0.717) is 63.1 Å². The maximum absolute atomic E-state index is 8.84. The first-order valence-electron chi connectivity index (χ1n) is 17.8. The zero-order chi connectivity index (χ0) is 40.9. The van der Waals surface area contributed by atoms with Crippen molar-refractivity contribution in [2.24, 2.45) is 0 Å². The first-order chi connectivity index (χ1) is 28.2. The van der Waals surface area contributed by atoms with Crippen LogP contribution in [0.5, 0.6) is 0 Å². The van der Waals surface area contributed by atoms with E-state index in [2.05, 4.69) is 48.4 Å². The van der Waals surface area contributed by atoms with Gasteiger partial charge in [-0.05, 0) is 84.9 Å². The molecule has 0 amide bonds. The van der Waals surface area contributed by atoms with Crippen LogP contribution in [0.25, 0.3) is 27.9 Å². The maximum atomic E-state index is 8.84. The van der Waals surface area contributed by atoms with E-state index < -0.39 is 0 Å². The van der Waals surface area contributed by atoms with Crippen LogP contribution in [0.15, 0.2) is 128 Å². The predicted molar refractivity (Wildman–Crippen MR) is 237 cm³/mol. The zero-order valence-corrected chi connectivity index (χ0v) is 33.7. The number of nitrogens with two attached hydrogens (primary N) is 1. The Labute approximate surface area is 356 Å². The Bertz CT molecular complexity index is 2550. The lowest BCUT2D eigenvalue weighted by molar-refractivity contribution is 1.05. The van der Waals surface area contributed by atoms with Gasteiger partial charge in [-0.25, -0.2) is 15.0 Å². The summed E-state index contributed by atoms with van der Waals surface area (Å²) < 4.78 is 1.95. The van der Waals surface area contributed by atoms with Gasteiger partial charge in [-0.3, -0.25) is 0 Å². The van der Waals surface area contributed by atoms with Gasteiger partial charge in [0.1, 0.15) is 23.8 Å². The molecular weight excluding hydrogens is 812 g/mol. The highest BCUT2D eigenvalue weighted by Crippen LogP contribution is 2.37. The zero-order valence-electron chi connectivity index (χ0n) is 30.7. The summed E-state index contributed by atoms with van der Waals surface area (Å²) in [5.41, 5.74) is 14.2. The van der Waals surface area contributed by atoms with E-state index in [-0.39, 0.29) is 0 Å². The van der Waals surface area contributed by atoms with E-state index in [9.17, 15) is 0 Å². The molecule has 4 aromatic carbocycles. The van der Waals surface area contributed by atoms with E-state index in [1.54, 1.807) is 61.2 Å². The number of nitrogens with one attached hydrogen (secondary N) is 4. The number of imidazole rings is 1. The molecule has 0 aliphatic carbocycles. The van der Waals surface area contributed by atoms with Crippen LogP contribution in [0.4, 0.5) is 28.7 Å². The van der Waals surface area contributed by atoms with Crippen molar-refractivity contribution in [2.45, 2.75) is 0 Å². The number of nitrogen functional groups attached to an aromatic ring is 1. The molecule has 15 heteroatoms. The third kappa shape index (κ3) is 11.1. The monoisotopic (exact) mass is 845 g/mol. The van der Waals surface area contributed by atoms with Crippen molar-refractivity contribution in [1.29, 1.82) is 10.5 Å². The van der Waals surface area contributed by atoms with E-state index in [0.717, 1.165) is 51.0 Å². The fourth-order valence-electron chi connectivity index (χ4n) is 5.73. The van der Waals surface area contributed by atoms with Gasteiger partial charge in [0.2, 0.25) is 0 Å². The average molecular weight is 848 g/mol. The van der Waals surface area contributed by atoms with Crippen molar-refractivity contribution in [2.75, 3.05) is 53.2 Å². The van der Waals surface area contributed by atoms with Gasteiger partial charge in [0, 0.05) is 110 Å². The van der Waals surface area contributed by atoms with E-state index in [4.69, 9.17) is 62.7 Å². The lowest BCUT2D eigenvalue weighted by Crippen LogP contribution is -2.14. The molecule has 0 saturated carbocycles.